The van der Waals surface area contributed by atoms with Crippen LogP contribution in [-0.4, -0.2) is 16.0 Å². The minimum Gasteiger partial charge on any atom is -0.477 e. The van der Waals surface area contributed by atoms with Crippen molar-refractivity contribution in [2.45, 2.75) is 0 Å². The molecule has 6 nitrogen and oxygen atoms in total. The second-order valence-electron chi connectivity index (χ2n) is 2.52. The number of nitriles is 1. The van der Waals surface area contributed by atoms with Gasteiger partial charge in [-0.15, -0.1) is 0 Å². The molecular formula is C8H3ClN2O4. The highest BCUT2D eigenvalue weighted by Gasteiger charge is 2.25. The minimum absolute atomic E-state index is 0.0328. The molecule has 0 saturated heterocycles. The Labute approximate surface area is 88.5 Å². The first kappa shape index (κ1) is 10.9. The molecule has 7 heteroatoms. The number of nitro benzene ring substituents is 1. The molecule has 0 unspecified atom stereocenters. The van der Waals surface area contributed by atoms with Gasteiger partial charge in [-0.05, 0) is 12.1 Å². The fourth-order valence-electron chi connectivity index (χ4n) is 1.04. The van der Waals surface area contributed by atoms with E-state index in [2.05, 4.69) is 0 Å². The summed E-state index contributed by atoms with van der Waals surface area (Å²) in [5.74, 6) is -1.50. The fourth-order valence-corrected chi connectivity index (χ4v) is 1.26. The van der Waals surface area contributed by atoms with Crippen molar-refractivity contribution < 1.29 is 14.8 Å². The summed E-state index contributed by atoms with van der Waals surface area (Å²) in [6.45, 7) is 0. The van der Waals surface area contributed by atoms with Crippen molar-refractivity contribution in [2.75, 3.05) is 0 Å². The van der Waals surface area contributed by atoms with Crippen LogP contribution in [0.2, 0.25) is 5.02 Å². The zero-order valence-electron chi connectivity index (χ0n) is 7.10. The van der Waals surface area contributed by atoms with E-state index in [-0.39, 0.29) is 10.6 Å². The maximum atomic E-state index is 10.7. The molecular weight excluding hydrogens is 224 g/mol. The van der Waals surface area contributed by atoms with Crippen molar-refractivity contribution in [3.8, 4) is 6.07 Å². The average molecular weight is 227 g/mol. The van der Waals surface area contributed by atoms with Crippen LogP contribution in [0.3, 0.4) is 0 Å². The number of hydrogen-bond acceptors (Lipinski definition) is 4. The van der Waals surface area contributed by atoms with Crippen LogP contribution in [0.5, 0.6) is 0 Å². The number of carbonyl (C=O) groups is 1. The number of hydrogen-bond donors (Lipinski definition) is 1. The SMILES string of the molecule is N#Cc1cc(Cl)cc(C(=O)O)c1[N+](=O)[O-]. The number of carboxylic acids is 1. The van der Waals surface area contributed by atoms with Gasteiger partial charge in [0.1, 0.15) is 17.2 Å². The van der Waals surface area contributed by atoms with Crippen LogP contribution >= 0.6 is 11.6 Å². The summed E-state index contributed by atoms with van der Waals surface area (Å²) in [5, 5.41) is 27.8. The topological polar surface area (TPSA) is 104 Å². The predicted octanol–water partition coefficient (Wildman–Crippen LogP) is 1.82. The van der Waals surface area contributed by atoms with Crippen molar-refractivity contribution in [3.63, 3.8) is 0 Å². The van der Waals surface area contributed by atoms with Gasteiger partial charge in [0.05, 0.1) is 4.92 Å². The number of halogens is 1. The lowest BCUT2D eigenvalue weighted by Crippen LogP contribution is -2.04. The molecule has 0 heterocycles. The van der Waals surface area contributed by atoms with Crippen molar-refractivity contribution in [1.82, 2.24) is 0 Å². The molecule has 1 aromatic carbocycles. The van der Waals surface area contributed by atoms with E-state index < -0.39 is 22.1 Å². The van der Waals surface area contributed by atoms with Crippen LogP contribution in [0.4, 0.5) is 5.69 Å². The van der Waals surface area contributed by atoms with Crippen LogP contribution in [0.1, 0.15) is 15.9 Å². The van der Waals surface area contributed by atoms with Crippen molar-refractivity contribution in [3.05, 3.63) is 38.4 Å². The minimum atomic E-state index is -1.50. The molecule has 76 valence electrons. The lowest BCUT2D eigenvalue weighted by atomic mass is 10.1. The summed E-state index contributed by atoms with van der Waals surface area (Å²) >= 11 is 5.51. The number of carboxylic acid groups (broad SMARTS) is 1. The van der Waals surface area contributed by atoms with E-state index in [4.69, 9.17) is 22.0 Å². The van der Waals surface area contributed by atoms with Gasteiger partial charge in [-0.2, -0.15) is 5.26 Å². The Kier molecular flexibility index (Phi) is 2.87. The Balaban J connectivity index is 3.64. The average Bonchev–Trinajstić information content (AvgIpc) is 2.15. The van der Waals surface area contributed by atoms with Crippen molar-refractivity contribution in [2.24, 2.45) is 0 Å². The first-order valence-electron chi connectivity index (χ1n) is 3.58. The van der Waals surface area contributed by atoms with Gasteiger partial charge in [0, 0.05) is 5.02 Å². The molecule has 0 aliphatic carbocycles. The third-order valence-corrected chi connectivity index (χ3v) is 1.83. The highest BCUT2D eigenvalue weighted by Crippen LogP contribution is 2.27. The van der Waals surface area contributed by atoms with E-state index in [9.17, 15) is 14.9 Å². The largest absolute Gasteiger partial charge is 0.477 e. The maximum absolute atomic E-state index is 10.7. The molecule has 0 bridgehead atoms. The standard InChI is InChI=1S/C8H3ClN2O4/c9-5-1-4(3-10)7(11(14)15)6(2-5)8(12)13/h1-2H,(H,12,13). The van der Waals surface area contributed by atoms with Gasteiger partial charge in [-0.25, -0.2) is 4.79 Å². The Morgan fingerprint density at radius 2 is 2.20 bits per heavy atom. The van der Waals surface area contributed by atoms with Gasteiger partial charge >= 0.3 is 11.7 Å². The second kappa shape index (κ2) is 3.94. The van der Waals surface area contributed by atoms with Crippen LogP contribution in [0.15, 0.2) is 12.1 Å². The highest BCUT2D eigenvalue weighted by atomic mass is 35.5. The van der Waals surface area contributed by atoms with E-state index in [1.54, 1.807) is 0 Å². The third-order valence-electron chi connectivity index (χ3n) is 1.61. The molecule has 1 N–H and O–H groups in total. The summed E-state index contributed by atoms with van der Waals surface area (Å²) in [6.07, 6.45) is 0. The molecule has 0 spiro atoms. The molecule has 0 aromatic heterocycles. The third kappa shape index (κ3) is 2.03. The Morgan fingerprint density at radius 1 is 1.60 bits per heavy atom. The van der Waals surface area contributed by atoms with Gasteiger partial charge in [-0.3, -0.25) is 10.1 Å². The van der Waals surface area contributed by atoms with Crippen LogP contribution in [0.25, 0.3) is 0 Å². The summed E-state index contributed by atoms with van der Waals surface area (Å²) < 4.78 is 0. The molecule has 0 fully saturated rings. The van der Waals surface area contributed by atoms with Gasteiger partial charge in [0.25, 0.3) is 0 Å². The van der Waals surface area contributed by atoms with E-state index in [0.29, 0.717) is 0 Å². The molecule has 0 atom stereocenters. The molecule has 0 aliphatic rings. The van der Waals surface area contributed by atoms with Crippen molar-refractivity contribution >= 4 is 23.3 Å². The summed E-state index contributed by atoms with van der Waals surface area (Å²) in [6, 6.07) is 3.50. The number of nitro groups is 1. The van der Waals surface area contributed by atoms with Gasteiger partial charge < -0.3 is 5.11 Å². The summed E-state index contributed by atoms with van der Waals surface area (Å²) in [4.78, 5) is 20.3. The Hall–Kier alpha value is -2.13. The first-order valence-corrected chi connectivity index (χ1v) is 3.96. The zero-order chi connectivity index (χ0) is 11.6. The number of rotatable bonds is 2. The summed E-state index contributed by atoms with van der Waals surface area (Å²) in [7, 11) is 0. The lowest BCUT2D eigenvalue weighted by Gasteiger charge is -2.00. The number of nitrogens with zero attached hydrogens (tertiary/aromatic N) is 2. The zero-order valence-corrected chi connectivity index (χ0v) is 7.85. The molecule has 0 aliphatic heterocycles. The lowest BCUT2D eigenvalue weighted by molar-refractivity contribution is -0.385. The molecule has 0 radical (unpaired) electrons. The van der Waals surface area contributed by atoms with Gasteiger partial charge in [0.15, 0.2) is 0 Å². The number of aromatic carboxylic acids is 1. The highest BCUT2D eigenvalue weighted by molar-refractivity contribution is 6.31. The van der Waals surface area contributed by atoms with Crippen LogP contribution < -0.4 is 0 Å². The summed E-state index contributed by atoms with van der Waals surface area (Å²) in [5.41, 5.74) is -1.71. The van der Waals surface area contributed by atoms with Crippen molar-refractivity contribution in [1.29, 1.82) is 5.26 Å². The molecule has 1 rings (SSSR count). The van der Waals surface area contributed by atoms with Gasteiger partial charge in [0.2, 0.25) is 0 Å². The quantitative estimate of drug-likeness (QED) is 0.612. The molecule has 0 saturated carbocycles. The Morgan fingerprint density at radius 3 is 2.60 bits per heavy atom. The van der Waals surface area contributed by atoms with E-state index in [1.165, 1.54) is 6.07 Å². The normalized spacial score (nSPS) is 9.33. The Bertz CT molecular complexity index is 492. The number of benzene rings is 1. The monoisotopic (exact) mass is 226 g/mol. The first-order chi connectivity index (χ1) is 6.97. The van der Waals surface area contributed by atoms with E-state index in [0.717, 1.165) is 12.1 Å². The van der Waals surface area contributed by atoms with Crippen LogP contribution in [0, 0.1) is 21.4 Å². The van der Waals surface area contributed by atoms with E-state index >= 15 is 0 Å². The fraction of sp³-hybridized carbons (Fsp3) is 0. The molecule has 1 aromatic rings. The van der Waals surface area contributed by atoms with Crippen LogP contribution in [-0.2, 0) is 0 Å². The maximum Gasteiger partial charge on any atom is 0.342 e. The van der Waals surface area contributed by atoms with E-state index in [1.807, 2.05) is 0 Å². The predicted molar refractivity (Wildman–Crippen MR) is 49.8 cm³/mol. The molecule has 15 heavy (non-hydrogen) atoms. The van der Waals surface area contributed by atoms with Gasteiger partial charge in [-0.1, -0.05) is 11.6 Å². The smallest absolute Gasteiger partial charge is 0.342 e. The second-order valence-corrected chi connectivity index (χ2v) is 2.96. The molecule has 0 amide bonds.